The van der Waals surface area contributed by atoms with Crippen LogP contribution >= 0.6 is 11.6 Å². The zero-order chi connectivity index (χ0) is 25.3. The van der Waals surface area contributed by atoms with E-state index in [-0.39, 0.29) is 21.4 Å². The molecule has 0 spiro atoms. The summed E-state index contributed by atoms with van der Waals surface area (Å²) in [5, 5.41) is 11.7. The third-order valence-corrected chi connectivity index (χ3v) is 8.39. The highest BCUT2D eigenvalue weighted by atomic mass is 35.5. The summed E-state index contributed by atoms with van der Waals surface area (Å²) in [4.78, 5) is 27.2. The predicted molar refractivity (Wildman–Crippen MR) is 134 cm³/mol. The van der Waals surface area contributed by atoms with Crippen LogP contribution in [-0.2, 0) is 9.84 Å². The molecule has 3 aromatic carbocycles. The Hall–Kier alpha value is -3.43. The van der Waals surface area contributed by atoms with Gasteiger partial charge in [-0.3, -0.25) is 14.9 Å². The lowest BCUT2D eigenvalue weighted by molar-refractivity contribution is -0.387. The van der Waals surface area contributed by atoms with Crippen LogP contribution in [0.4, 0.5) is 11.4 Å². The van der Waals surface area contributed by atoms with Gasteiger partial charge in [0.05, 0.1) is 14.8 Å². The first-order valence-corrected chi connectivity index (χ1v) is 12.9. The summed E-state index contributed by atoms with van der Waals surface area (Å²) in [5.41, 5.74) is 2.84. The largest absolute Gasteiger partial charge is 0.368 e. The Kier molecular flexibility index (Phi) is 6.82. The molecule has 4 rings (SSSR count). The molecule has 35 heavy (non-hydrogen) atoms. The summed E-state index contributed by atoms with van der Waals surface area (Å²) < 4.78 is 26.2. The van der Waals surface area contributed by atoms with Gasteiger partial charge in [0.25, 0.3) is 11.6 Å². The summed E-state index contributed by atoms with van der Waals surface area (Å²) in [5.74, 6) is -0.379. The number of amides is 1. The molecule has 10 heteroatoms. The molecule has 0 radical (unpaired) electrons. The van der Waals surface area contributed by atoms with Gasteiger partial charge in [0.1, 0.15) is 4.90 Å². The molecule has 8 nitrogen and oxygen atoms in total. The number of nitro groups is 1. The number of nitro benzene ring substituents is 1. The van der Waals surface area contributed by atoms with E-state index in [9.17, 15) is 23.3 Å². The third-order valence-electron chi connectivity index (χ3n) is 6.09. The maximum absolute atomic E-state index is 13.1. The number of halogens is 1. The highest BCUT2D eigenvalue weighted by Gasteiger charge is 2.31. The van der Waals surface area contributed by atoms with Crippen molar-refractivity contribution in [1.29, 1.82) is 0 Å². The van der Waals surface area contributed by atoms with E-state index < -0.39 is 25.3 Å². The summed E-state index contributed by atoms with van der Waals surface area (Å²) in [6.45, 7) is 6.21. The maximum atomic E-state index is 13.1. The minimum atomic E-state index is -4.26. The van der Waals surface area contributed by atoms with Crippen LogP contribution in [-0.4, -0.2) is 50.3 Å². The molecule has 1 amide bonds. The van der Waals surface area contributed by atoms with Gasteiger partial charge in [-0.1, -0.05) is 35.9 Å². The molecule has 3 aromatic rings. The fourth-order valence-corrected chi connectivity index (χ4v) is 6.11. The maximum Gasteiger partial charge on any atom is 0.289 e. The number of anilines is 1. The lowest BCUT2D eigenvalue weighted by atomic mass is 10.1. The number of benzene rings is 3. The zero-order valence-corrected chi connectivity index (χ0v) is 20.8. The van der Waals surface area contributed by atoms with Crippen molar-refractivity contribution in [2.75, 3.05) is 31.1 Å². The normalized spacial score (nSPS) is 14.1. The topological polar surface area (TPSA) is 101 Å². The average Bonchev–Trinajstić information content (AvgIpc) is 2.85. The highest BCUT2D eigenvalue weighted by Crippen LogP contribution is 2.34. The number of rotatable bonds is 5. The van der Waals surface area contributed by atoms with E-state index in [4.69, 9.17) is 11.6 Å². The number of carbonyl (C=O) groups is 1. The van der Waals surface area contributed by atoms with Gasteiger partial charge in [-0.25, -0.2) is 8.42 Å². The van der Waals surface area contributed by atoms with E-state index in [1.54, 1.807) is 11.0 Å². The second kappa shape index (κ2) is 9.67. The van der Waals surface area contributed by atoms with Crippen LogP contribution in [0.15, 0.2) is 70.5 Å². The Bertz CT molecular complexity index is 1420. The van der Waals surface area contributed by atoms with Gasteiger partial charge in [0.15, 0.2) is 0 Å². The third kappa shape index (κ3) is 4.87. The lowest BCUT2D eigenvalue weighted by Gasteiger charge is -2.37. The molecule has 0 unspecified atom stereocenters. The Labute approximate surface area is 208 Å². The standard InChI is InChI=1S/C25H24ClN3O5S/c1-17-7-8-18(2)21(15-17)27-11-13-28(14-12-27)25(30)19-9-10-24(22(16-19)29(31)32)35(33,34)23-6-4-3-5-20(23)26/h3-10,15-16H,11-14H2,1-2H3. The quantitative estimate of drug-likeness (QED) is 0.363. The minimum absolute atomic E-state index is 0.0383. The lowest BCUT2D eigenvalue weighted by Crippen LogP contribution is -2.49. The van der Waals surface area contributed by atoms with E-state index in [1.807, 2.05) is 13.8 Å². The number of aryl methyl sites for hydroxylation is 2. The number of carbonyl (C=O) groups excluding carboxylic acids is 1. The van der Waals surface area contributed by atoms with Gasteiger partial charge in [0, 0.05) is 43.5 Å². The van der Waals surface area contributed by atoms with E-state index in [2.05, 4.69) is 23.1 Å². The summed E-state index contributed by atoms with van der Waals surface area (Å²) in [6, 6.07) is 15.4. The summed E-state index contributed by atoms with van der Waals surface area (Å²) >= 11 is 6.03. The number of hydrogen-bond donors (Lipinski definition) is 0. The van der Waals surface area contributed by atoms with Crippen molar-refractivity contribution in [3.63, 3.8) is 0 Å². The molecule has 1 aliphatic heterocycles. The smallest absolute Gasteiger partial charge is 0.289 e. The fourth-order valence-electron chi connectivity index (χ4n) is 4.19. The SMILES string of the molecule is Cc1ccc(C)c(N2CCN(C(=O)c3ccc(S(=O)(=O)c4ccccc4Cl)c([N+](=O)[O-])c3)CC2)c1. The Balaban J connectivity index is 1.58. The Morgan fingerprint density at radius 2 is 1.63 bits per heavy atom. The number of sulfone groups is 1. The molecule has 0 aliphatic carbocycles. The van der Waals surface area contributed by atoms with Gasteiger partial charge in [-0.2, -0.15) is 0 Å². The zero-order valence-electron chi connectivity index (χ0n) is 19.3. The van der Waals surface area contributed by atoms with Crippen LogP contribution in [0.2, 0.25) is 5.02 Å². The molecular formula is C25H24ClN3O5S. The van der Waals surface area contributed by atoms with Crippen molar-refractivity contribution >= 4 is 38.7 Å². The molecule has 0 saturated carbocycles. The van der Waals surface area contributed by atoms with Crippen LogP contribution in [0.3, 0.4) is 0 Å². The van der Waals surface area contributed by atoms with Crippen molar-refractivity contribution in [3.05, 3.63) is 92.5 Å². The van der Waals surface area contributed by atoms with Crippen molar-refractivity contribution in [2.24, 2.45) is 0 Å². The van der Waals surface area contributed by atoms with E-state index in [0.29, 0.717) is 26.2 Å². The number of nitrogens with zero attached hydrogens (tertiary/aromatic N) is 3. The number of hydrogen-bond acceptors (Lipinski definition) is 6. The van der Waals surface area contributed by atoms with Crippen LogP contribution in [0.5, 0.6) is 0 Å². The Morgan fingerprint density at radius 1 is 0.943 bits per heavy atom. The molecule has 1 fully saturated rings. The van der Waals surface area contributed by atoms with Crippen molar-refractivity contribution < 1.29 is 18.1 Å². The Morgan fingerprint density at radius 3 is 2.29 bits per heavy atom. The van der Waals surface area contributed by atoms with Gasteiger partial charge in [0.2, 0.25) is 9.84 Å². The minimum Gasteiger partial charge on any atom is -0.368 e. The van der Waals surface area contributed by atoms with Crippen LogP contribution in [0.25, 0.3) is 0 Å². The van der Waals surface area contributed by atoms with Crippen molar-refractivity contribution in [2.45, 2.75) is 23.6 Å². The molecule has 0 aromatic heterocycles. The van der Waals surface area contributed by atoms with Crippen molar-refractivity contribution in [3.8, 4) is 0 Å². The predicted octanol–water partition coefficient (Wildman–Crippen LogP) is 4.66. The van der Waals surface area contributed by atoms with E-state index in [1.165, 1.54) is 24.3 Å². The van der Waals surface area contributed by atoms with Crippen LogP contribution in [0.1, 0.15) is 21.5 Å². The molecule has 0 N–H and O–H groups in total. The van der Waals surface area contributed by atoms with Crippen LogP contribution in [0, 0.1) is 24.0 Å². The molecular weight excluding hydrogens is 490 g/mol. The molecule has 182 valence electrons. The van der Waals surface area contributed by atoms with Gasteiger partial charge < -0.3 is 9.80 Å². The monoisotopic (exact) mass is 513 g/mol. The second-order valence-electron chi connectivity index (χ2n) is 8.44. The summed E-state index contributed by atoms with van der Waals surface area (Å²) in [6.07, 6.45) is 0. The number of piperazine rings is 1. The van der Waals surface area contributed by atoms with E-state index >= 15 is 0 Å². The first-order chi connectivity index (χ1) is 16.6. The van der Waals surface area contributed by atoms with Crippen molar-refractivity contribution in [1.82, 2.24) is 4.90 Å². The molecule has 1 heterocycles. The van der Waals surface area contributed by atoms with Crippen LogP contribution < -0.4 is 4.90 Å². The molecule has 1 aliphatic rings. The van der Waals surface area contributed by atoms with E-state index in [0.717, 1.165) is 28.9 Å². The first kappa shape index (κ1) is 24.7. The fraction of sp³-hybridized carbons (Fsp3) is 0.240. The molecule has 0 bridgehead atoms. The highest BCUT2D eigenvalue weighted by molar-refractivity contribution is 7.91. The average molecular weight is 514 g/mol. The first-order valence-electron chi connectivity index (χ1n) is 11.0. The van der Waals surface area contributed by atoms with Gasteiger partial charge in [-0.05, 0) is 55.3 Å². The summed E-state index contributed by atoms with van der Waals surface area (Å²) in [7, 11) is -4.26. The molecule has 0 atom stereocenters. The van der Waals surface area contributed by atoms with Gasteiger partial charge >= 0.3 is 0 Å². The molecule has 1 saturated heterocycles. The van der Waals surface area contributed by atoms with Gasteiger partial charge in [-0.15, -0.1) is 0 Å². The second-order valence-corrected chi connectivity index (χ2v) is 10.7.